The Morgan fingerprint density at radius 3 is 2.48 bits per heavy atom. The molecule has 2 aromatic carbocycles. The second-order valence-electron chi connectivity index (χ2n) is 5.34. The van der Waals surface area contributed by atoms with Gasteiger partial charge in [-0.1, -0.05) is 58.4 Å². The zero-order valence-corrected chi connectivity index (χ0v) is 16.3. The Labute approximate surface area is 162 Å². The lowest BCUT2D eigenvalue weighted by Gasteiger charge is -2.05. The minimum atomic E-state index is -0.543. The Morgan fingerprint density at radius 1 is 1.04 bits per heavy atom. The number of nitrogens with zero attached hydrogens (tertiary/aromatic N) is 2. The second-order valence-corrected chi connectivity index (χ2v) is 7.11. The lowest BCUT2D eigenvalue weighted by molar-refractivity contribution is 0.155. The number of amides is 1. The van der Waals surface area contributed by atoms with Crippen molar-refractivity contribution >= 4 is 43.8 Å². The highest BCUT2D eigenvalue weighted by molar-refractivity contribution is 9.10. The van der Waals surface area contributed by atoms with Crippen molar-refractivity contribution < 1.29 is 9.53 Å². The third kappa shape index (κ3) is 5.17. The van der Waals surface area contributed by atoms with E-state index in [9.17, 15) is 4.79 Å². The molecule has 1 N–H and O–H groups in total. The summed E-state index contributed by atoms with van der Waals surface area (Å²) in [6.45, 7) is 0.816. The maximum Gasteiger partial charge on any atom is 0.413 e. The molecule has 0 fully saturated rings. The van der Waals surface area contributed by atoms with Crippen LogP contribution in [0.15, 0.2) is 69.7 Å². The number of rotatable bonds is 5. The van der Waals surface area contributed by atoms with E-state index in [1.54, 1.807) is 4.68 Å². The molecule has 1 amide bonds. The number of anilines is 1. The van der Waals surface area contributed by atoms with Crippen molar-refractivity contribution in [2.45, 2.75) is 13.2 Å². The normalized spacial score (nSPS) is 10.5. The molecular weight excluding hydrogens is 450 g/mol. The topological polar surface area (TPSA) is 56.2 Å². The average Bonchev–Trinajstić information content (AvgIpc) is 2.95. The van der Waals surface area contributed by atoms with E-state index >= 15 is 0 Å². The molecule has 1 aromatic heterocycles. The summed E-state index contributed by atoms with van der Waals surface area (Å²) in [4.78, 5) is 11.9. The summed E-state index contributed by atoms with van der Waals surface area (Å²) in [7, 11) is 0. The molecule has 0 atom stereocenters. The number of hydrogen-bond acceptors (Lipinski definition) is 3. The van der Waals surface area contributed by atoms with Crippen molar-refractivity contribution in [3.8, 4) is 0 Å². The van der Waals surface area contributed by atoms with Gasteiger partial charge in [-0.05, 0) is 39.2 Å². The van der Waals surface area contributed by atoms with Gasteiger partial charge in [-0.15, -0.1) is 0 Å². The van der Waals surface area contributed by atoms with Crippen molar-refractivity contribution in [1.82, 2.24) is 9.78 Å². The van der Waals surface area contributed by atoms with Gasteiger partial charge < -0.3 is 4.74 Å². The van der Waals surface area contributed by atoms with E-state index < -0.39 is 6.09 Å². The number of nitrogens with one attached hydrogen (secondary N) is 1. The lowest BCUT2D eigenvalue weighted by atomic mass is 10.2. The monoisotopic (exact) mass is 463 g/mol. The number of halogens is 2. The first-order valence-corrected chi connectivity index (χ1v) is 9.14. The minimum absolute atomic E-state index is 0.212. The van der Waals surface area contributed by atoms with Crippen LogP contribution in [0.25, 0.3) is 0 Å². The lowest BCUT2D eigenvalue weighted by Crippen LogP contribution is -2.14. The van der Waals surface area contributed by atoms with Crippen LogP contribution in [0.4, 0.5) is 10.6 Å². The molecule has 3 aromatic rings. The fraction of sp³-hybridized carbons (Fsp3) is 0.111. The van der Waals surface area contributed by atoms with Crippen LogP contribution in [-0.2, 0) is 17.9 Å². The second kappa shape index (κ2) is 8.31. The highest BCUT2D eigenvalue weighted by Crippen LogP contribution is 2.21. The first-order chi connectivity index (χ1) is 12.1. The summed E-state index contributed by atoms with van der Waals surface area (Å²) < 4.78 is 8.68. The van der Waals surface area contributed by atoms with Crippen LogP contribution in [-0.4, -0.2) is 15.9 Å². The fourth-order valence-electron chi connectivity index (χ4n) is 2.20. The number of benzene rings is 2. The first-order valence-electron chi connectivity index (χ1n) is 7.55. The van der Waals surface area contributed by atoms with Gasteiger partial charge in [0.15, 0.2) is 5.82 Å². The number of aromatic nitrogens is 2. The van der Waals surface area contributed by atoms with Gasteiger partial charge >= 0.3 is 6.09 Å². The Morgan fingerprint density at radius 2 is 1.76 bits per heavy atom. The summed E-state index contributed by atoms with van der Waals surface area (Å²) in [6.07, 6.45) is 1.27. The fourth-order valence-corrected chi connectivity index (χ4v) is 2.87. The van der Waals surface area contributed by atoms with Crippen LogP contribution in [0, 0.1) is 0 Å². The third-order valence-electron chi connectivity index (χ3n) is 3.41. The van der Waals surface area contributed by atoms with Crippen molar-refractivity contribution in [3.05, 3.63) is 80.9 Å². The molecule has 0 radical (unpaired) electrons. The van der Waals surface area contributed by atoms with Gasteiger partial charge in [0, 0.05) is 10.7 Å². The Kier molecular flexibility index (Phi) is 5.88. The van der Waals surface area contributed by atoms with Crippen LogP contribution < -0.4 is 5.32 Å². The molecule has 0 aliphatic rings. The largest absolute Gasteiger partial charge is 0.444 e. The molecule has 0 aliphatic heterocycles. The van der Waals surface area contributed by atoms with E-state index in [0.717, 1.165) is 15.6 Å². The van der Waals surface area contributed by atoms with Crippen molar-refractivity contribution in [2.75, 3.05) is 5.32 Å². The van der Waals surface area contributed by atoms with Gasteiger partial charge in [-0.3, -0.25) is 10.00 Å². The first kappa shape index (κ1) is 17.7. The maximum atomic E-state index is 11.9. The van der Waals surface area contributed by atoms with Gasteiger partial charge in [0.05, 0.1) is 11.0 Å². The van der Waals surface area contributed by atoms with Crippen LogP contribution in [0.2, 0.25) is 0 Å². The molecule has 0 saturated carbocycles. The smallest absolute Gasteiger partial charge is 0.413 e. The maximum absolute atomic E-state index is 11.9. The molecule has 0 aliphatic carbocycles. The molecule has 0 spiro atoms. The molecule has 0 unspecified atom stereocenters. The molecule has 25 heavy (non-hydrogen) atoms. The van der Waals surface area contributed by atoms with E-state index in [4.69, 9.17) is 4.74 Å². The van der Waals surface area contributed by atoms with E-state index in [2.05, 4.69) is 42.3 Å². The van der Waals surface area contributed by atoms with Gasteiger partial charge in [0.1, 0.15) is 6.61 Å². The average molecular weight is 465 g/mol. The highest BCUT2D eigenvalue weighted by atomic mass is 79.9. The van der Waals surface area contributed by atoms with Crippen LogP contribution >= 0.6 is 31.9 Å². The summed E-state index contributed by atoms with van der Waals surface area (Å²) in [5.74, 6) is 0.426. The van der Waals surface area contributed by atoms with Gasteiger partial charge in [-0.2, -0.15) is 5.10 Å². The Balaban J connectivity index is 1.58. The van der Waals surface area contributed by atoms with E-state index in [-0.39, 0.29) is 6.61 Å². The summed E-state index contributed by atoms with van der Waals surface area (Å²) in [5, 5.41) is 7.02. The van der Waals surface area contributed by atoms with Crippen molar-refractivity contribution in [3.63, 3.8) is 0 Å². The molecular formula is C18H15Br2N3O2. The van der Waals surface area contributed by atoms with Crippen LogP contribution in [0.5, 0.6) is 0 Å². The summed E-state index contributed by atoms with van der Waals surface area (Å²) in [6, 6.07) is 17.5. The Hall–Kier alpha value is -2.12. The van der Waals surface area contributed by atoms with Gasteiger partial charge in [0.25, 0.3) is 0 Å². The van der Waals surface area contributed by atoms with Gasteiger partial charge in [0.2, 0.25) is 0 Å². The molecule has 0 saturated heterocycles. The molecule has 0 bridgehead atoms. The Bertz CT molecular complexity index is 849. The molecule has 7 heteroatoms. The number of carbonyl (C=O) groups excluding carboxylic acids is 1. The quantitative estimate of drug-likeness (QED) is 0.564. The number of ether oxygens (including phenoxy) is 1. The van der Waals surface area contributed by atoms with Crippen LogP contribution in [0.1, 0.15) is 11.1 Å². The minimum Gasteiger partial charge on any atom is -0.444 e. The molecule has 3 rings (SSSR count). The van der Waals surface area contributed by atoms with Crippen molar-refractivity contribution in [2.24, 2.45) is 0 Å². The van der Waals surface area contributed by atoms with E-state index in [0.29, 0.717) is 16.8 Å². The summed E-state index contributed by atoms with van der Waals surface area (Å²) in [5.41, 5.74) is 2.04. The van der Waals surface area contributed by atoms with E-state index in [1.807, 2.05) is 60.8 Å². The predicted octanol–water partition coefficient (Wildman–Crippen LogP) is 5.21. The summed E-state index contributed by atoms with van der Waals surface area (Å²) >= 11 is 6.82. The predicted molar refractivity (Wildman–Crippen MR) is 103 cm³/mol. The zero-order chi connectivity index (χ0) is 17.6. The third-order valence-corrected chi connectivity index (χ3v) is 4.52. The SMILES string of the molecule is O=C(Nc1nn(Cc2ccc(Br)cc2)cc1Br)OCc1ccccc1. The number of hydrogen-bond donors (Lipinski definition) is 1. The van der Waals surface area contributed by atoms with Crippen LogP contribution in [0.3, 0.4) is 0 Å². The van der Waals surface area contributed by atoms with E-state index in [1.165, 1.54) is 0 Å². The highest BCUT2D eigenvalue weighted by Gasteiger charge is 2.11. The molecule has 128 valence electrons. The zero-order valence-electron chi connectivity index (χ0n) is 13.2. The van der Waals surface area contributed by atoms with Crippen molar-refractivity contribution in [1.29, 1.82) is 0 Å². The molecule has 5 nitrogen and oxygen atoms in total. The standard InChI is InChI=1S/C18H15Br2N3O2/c19-15-8-6-13(7-9-15)10-23-11-16(20)17(22-23)21-18(24)25-12-14-4-2-1-3-5-14/h1-9,11H,10,12H2,(H,21,22,24). The molecule has 1 heterocycles. The van der Waals surface area contributed by atoms with Gasteiger partial charge in [-0.25, -0.2) is 4.79 Å². The number of carbonyl (C=O) groups is 1.